The van der Waals surface area contributed by atoms with E-state index >= 15 is 0 Å². The second-order valence-electron chi connectivity index (χ2n) is 9.50. The van der Waals surface area contributed by atoms with Crippen LogP contribution in [0, 0.1) is 5.92 Å². The number of aliphatic hydroxyl groups is 1. The highest BCUT2D eigenvalue weighted by Gasteiger charge is 2.46. The molecule has 1 heterocycles. The van der Waals surface area contributed by atoms with Crippen molar-refractivity contribution in [1.82, 2.24) is 10.2 Å². The molecule has 8 heteroatoms. The van der Waals surface area contributed by atoms with E-state index in [1.807, 2.05) is 50.2 Å². The Morgan fingerprint density at radius 2 is 1.68 bits per heavy atom. The number of carbonyl (C=O) groups is 3. The summed E-state index contributed by atoms with van der Waals surface area (Å²) >= 11 is 0. The van der Waals surface area contributed by atoms with Crippen molar-refractivity contribution in [2.24, 2.45) is 5.92 Å². The van der Waals surface area contributed by atoms with Crippen LogP contribution < -0.4 is 5.32 Å². The number of carbonyl (C=O) groups excluding carboxylic acids is 2. The number of fused-ring (bicyclic) bond motifs is 3. The summed E-state index contributed by atoms with van der Waals surface area (Å²) in [5.41, 5.74) is 2.48. The molecule has 1 saturated heterocycles. The van der Waals surface area contributed by atoms with E-state index in [1.54, 1.807) is 0 Å². The molecule has 2 aromatic carbocycles. The van der Waals surface area contributed by atoms with Crippen molar-refractivity contribution >= 4 is 18.0 Å². The van der Waals surface area contributed by atoms with Gasteiger partial charge in [0.1, 0.15) is 12.6 Å². The highest BCUT2D eigenvalue weighted by molar-refractivity contribution is 5.88. The summed E-state index contributed by atoms with van der Waals surface area (Å²) in [5.74, 6) is -1.77. The second kappa shape index (κ2) is 9.46. The average molecular weight is 467 g/mol. The molecule has 1 unspecified atom stereocenters. The van der Waals surface area contributed by atoms with Crippen molar-refractivity contribution in [3.63, 3.8) is 0 Å². The Bertz CT molecular complexity index is 1050. The molecular weight excluding hydrogens is 436 g/mol. The number of amides is 2. The van der Waals surface area contributed by atoms with Crippen LogP contribution in [0.1, 0.15) is 43.7 Å². The van der Waals surface area contributed by atoms with E-state index in [9.17, 15) is 24.6 Å². The lowest BCUT2D eigenvalue weighted by Crippen LogP contribution is -2.50. The third-order valence-electron chi connectivity index (χ3n) is 6.60. The number of nitrogens with one attached hydrogen (secondary N) is 1. The maximum atomic E-state index is 13.1. The smallest absolute Gasteiger partial charge is 0.407 e. The molecule has 0 aromatic heterocycles. The van der Waals surface area contributed by atoms with Crippen molar-refractivity contribution in [2.45, 2.75) is 44.2 Å². The van der Waals surface area contributed by atoms with Crippen molar-refractivity contribution in [3.05, 3.63) is 59.7 Å². The van der Waals surface area contributed by atoms with Gasteiger partial charge in [0.25, 0.3) is 0 Å². The van der Waals surface area contributed by atoms with Gasteiger partial charge in [-0.1, -0.05) is 62.4 Å². The lowest BCUT2D eigenvalue weighted by Gasteiger charge is -2.26. The molecule has 2 aromatic rings. The van der Waals surface area contributed by atoms with Crippen LogP contribution in [0.15, 0.2) is 48.5 Å². The number of ether oxygens (including phenoxy) is 1. The first kappa shape index (κ1) is 23.8. The van der Waals surface area contributed by atoms with Gasteiger partial charge in [-0.25, -0.2) is 9.59 Å². The predicted octanol–water partition coefficient (Wildman–Crippen LogP) is 2.99. The van der Waals surface area contributed by atoms with Crippen LogP contribution in [0.2, 0.25) is 0 Å². The number of hydrogen-bond donors (Lipinski definition) is 3. The molecule has 0 radical (unpaired) electrons. The number of aliphatic carboxylic acids is 1. The number of benzene rings is 2. The Kier molecular flexibility index (Phi) is 6.61. The van der Waals surface area contributed by atoms with Gasteiger partial charge in [0.15, 0.2) is 5.60 Å². The minimum absolute atomic E-state index is 0.0482. The summed E-state index contributed by atoms with van der Waals surface area (Å²) in [5, 5.41) is 22.1. The first-order chi connectivity index (χ1) is 16.2. The van der Waals surface area contributed by atoms with E-state index in [1.165, 1.54) is 4.90 Å². The third-order valence-corrected chi connectivity index (χ3v) is 6.60. The van der Waals surface area contributed by atoms with Crippen molar-refractivity contribution in [2.75, 3.05) is 19.7 Å². The van der Waals surface area contributed by atoms with Gasteiger partial charge in [0.05, 0.1) is 6.54 Å². The highest BCUT2D eigenvalue weighted by Crippen LogP contribution is 2.44. The Morgan fingerprint density at radius 1 is 1.09 bits per heavy atom. The van der Waals surface area contributed by atoms with Crippen LogP contribution in [-0.2, 0) is 14.3 Å². The second-order valence-corrected chi connectivity index (χ2v) is 9.50. The normalized spacial score (nSPS) is 20.1. The number of nitrogens with zero attached hydrogens (tertiary/aromatic N) is 1. The number of carboxylic acids is 1. The van der Waals surface area contributed by atoms with Crippen LogP contribution in [0.4, 0.5) is 4.79 Å². The van der Waals surface area contributed by atoms with Gasteiger partial charge in [-0.2, -0.15) is 0 Å². The van der Waals surface area contributed by atoms with Gasteiger partial charge < -0.3 is 25.2 Å². The predicted molar refractivity (Wildman–Crippen MR) is 125 cm³/mol. The van der Waals surface area contributed by atoms with E-state index in [0.29, 0.717) is 6.42 Å². The largest absolute Gasteiger partial charge is 0.479 e. The molecule has 1 aliphatic carbocycles. The fraction of sp³-hybridized carbons (Fsp3) is 0.423. The SMILES string of the molecule is CC(C)C[C@H](NC(=O)OCC1c2ccccc2-c2ccccc21)C(=O)N1CCC(O)(C(=O)O)C1. The monoisotopic (exact) mass is 466 g/mol. The molecule has 3 N–H and O–H groups in total. The zero-order valence-electron chi connectivity index (χ0n) is 19.4. The number of likely N-dealkylation sites (tertiary alicyclic amines) is 1. The molecule has 2 amide bonds. The number of alkyl carbamates (subject to hydrolysis) is 1. The maximum absolute atomic E-state index is 13.1. The van der Waals surface area contributed by atoms with Gasteiger partial charge in [-0.05, 0) is 34.6 Å². The van der Waals surface area contributed by atoms with Gasteiger partial charge in [0, 0.05) is 18.9 Å². The lowest BCUT2D eigenvalue weighted by molar-refractivity contribution is -0.157. The van der Waals surface area contributed by atoms with Crippen LogP contribution in [0.3, 0.4) is 0 Å². The summed E-state index contributed by atoms with van der Waals surface area (Å²) in [6, 6.07) is 15.2. The molecule has 0 spiro atoms. The molecule has 2 aliphatic rings. The maximum Gasteiger partial charge on any atom is 0.407 e. The zero-order chi connectivity index (χ0) is 24.5. The molecule has 8 nitrogen and oxygen atoms in total. The number of rotatable bonds is 7. The van der Waals surface area contributed by atoms with Gasteiger partial charge in [-0.15, -0.1) is 0 Å². The topological polar surface area (TPSA) is 116 Å². The molecule has 34 heavy (non-hydrogen) atoms. The minimum Gasteiger partial charge on any atom is -0.479 e. The first-order valence-electron chi connectivity index (χ1n) is 11.6. The molecule has 1 aliphatic heterocycles. The Hall–Kier alpha value is -3.39. The molecule has 180 valence electrons. The standard InChI is InChI=1S/C26H30N2O6/c1-16(2)13-22(23(29)28-12-11-26(33,15-28)24(30)31)27-25(32)34-14-21-19-9-5-3-7-17(19)18-8-4-6-10-20(18)21/h3-10,16,21-22,33H,11-15H2,1-2H3,(H,27,32)(H,30,31)/t22-,26?/m0/s1. The summed E-state index contributed by atoms with van der Waals surface area (Å²) in [6.45, 7) is 3.80. The Labute approximate surface area is 198 Å². The summed E-state index contributed by atoms with van der Waals surface area (Å²) in [7, 11) is 0. The lowest BCUT2D eigenvalue weighted by atomic mass is 9.98. The van der Waals surface area contributed by atoms with Gasteiger partial charge in [-0.3, -0.25) is 4.79 Å². The quantitative estimate of drug-likeness (QED) is 0.578. The van der Waals surface area contributed by atoms with E-state index in [2.05, 4.69) is 17.4 Å². The zero-order valence-corrected chi connectivity index (χ0v) is 19.4. The van der Waals surface area contributed by atoms with Crippen LogP contribution in [0.25, 0.3) is 11.1 Å². The summed E-state index contributed by atoms with van der Waals surface area (Å²) in [4.78, 5) is 38.4. The van der Waals surface area contributed by atoms with E-state index in [4.69, 9.17) is 4.74 Å². The van der Waals surface area contributed by atoms with Crippen molar-refractivity contribution in [1.29, 1.82) is 0 Å². The van der Waals surface area contributed by atoms with Crippen molar-refractivity contribution in [3.8, 4) is 11.1 Å². The molecule has 0 saturated carbocycles. The average Bonchev–Trinajstić information content (AvgIpc) is 3.36. The van der Waals surface area contributed by atoms with Gasteiger partial charge in [0.2, 0.25) is 5.91 Å². The summed E-state index contributed by atoms with van der Waals surface area (Å²) in [6.07, 6.45) is -0.383. The highest BCUT2D eigenvalue weighted by atomic mass is 16.5. The molecule has 1 fully saturated rings. The Morgan fingerprint density at radius 3 is 2.21 bits per heavy atom. The Balaban J connectivity index is 1.42. The van der Waals surface area contributed by atoms with Gasteiger partial charge >= 0.3 is 12.1 Å². The molecular formula is C26H30N2O6. The van der Waals surface area contributed by atoms with Crippen LogP contribution in [-0.4, -0.2) is 64.4 Å². The summed E-state index contributed by atoms with van der Waals surface area (Å²) < 4.78 is 5.58. The van der Waals surface area contributed by atoms with E-state index < -0.39 is 29.6 Å². The number of β-amino-alcohol motifs (C(OH)–C–C–N with tert-alkyl or cyclic N) is 1. The van der Waals surface area contributed by atoms with E-state index in [-0.39, 0.29) is 38.0 Å². The van der Waals surface area contributed by atoms with E-state index in [0.717, 1.165) is 22.3 Å². The number of hydrogen-bond acceptors (Lipinski definition) is 5. The number of carboxylic acid groups (broad SMARTS) is 1. The fourth-order valence-corrected chi connectivity index (χ4v) is 4.85. The molecule has 4 rings (SSSR count). The minimum atomic E-state index is -1.96. The fourth-order valence-electron chi connectivity index (χ4n) is 4.85. The first-order valence-corrected chi connectivity index (χ1v) is 11.6. The molecule has 2 atom stereocenters. The van der Waals surface area contributed by atoms with Crippen LogP contribution in [0.5, 0.6) is 0 Å². The third kappa shape index (κ3) is 4.63. The van der Waals surface area contributed by atoms with Crippen molar-refractivity contribution < 1.29 is 29.3 Å². The molecule has 0 bridgehead atoms. The van der Waals surface area contributed by atoms with Crippen LogP contribution >= 0.6 is 0 Å².